The Labute approximate surface area is 110 Å². The van der Waals surface area contributed by atoms with E-state index in [2.05, 4.69) is 33.4 Å². The van der Waals surface area contributed by atoms with Crippen molar-refractivity contribution in [2.24, 2.45) is 5.92 Å². The topological polar surface area (TPSA) is 29.1 Å². The summed E-state index contributed by atoms with van der Waals surface area (Å²) in [6, 6.07) is 6.34. The van der Waals surface area contributed by atoms with Crippen LogP contribution in [-0.2, 0) is 10.2 Å². The minimum atomic E-state index is -0.401. The number of nitrogens with one attached hydrogen (secondary N) is 1. The second kappa shape index (κ2) is 3.58. The maximum atomic E-state index is 11.9. The fourth-order valence-electron chi connectivity index (χ4n) is 2.42. The summed E-state index contributed by atoms with van der Waals surface area (Å²) in [6.45, 7) is 3.97. The van der Waals surface area contributed by atoms with Gasteiger partial charge >= 0.3 is 0 Å². The molecule has 1 atom stereocenters. The summed E-state index contributed by atoms with van der Waals surface area (Å²) in [4.78, 5) is 12.3. The molecule has 3 rings (SSSR count). The molecule has 0 radical (unpaired) electrons. The van der Waals surface area contributed by atoms with Gasteiger partial charge in [-0.05, 0) is 49.8 Å². The summed E-state index contributed by atoms with van der Waals surface area (Å²) in [5.74, 6) is 0.878. The summed E-state index contributed by atoms with van der Waals surface area (Å²) >= 11 is 3.77. The van der Waals surface area contributed by atoms with Gasteiger partial charge in [-0.1, -0.05) is 28.1 Å². The second-order valence-corrected chi connectivity index (χ2v) is 6.61. The molecule has 0 bridgehead atoms. The maximum absolute atomic E-state index is 11.9. The normalized spacial score (nSPS) is 23.1. The number of anilines is 1. The third kappa shape index (κ3) is 1.71. The number of rotatable bonds is 2. The Kier molecular flexibility index (Phi) is 2.37. The molecule has 2 nitrogen and oxygen atoms in total. The highest BCUT2D eigenvalue weighted by molar-refractivity contribution is 9.09. The van der Waals surface area contributed by atoms with Gasteiger partial charge in [-0.3, -0.25) is 4.79 Å². The molecule has 0 aromatic heterocycles. The van der Waals surface area contributed by atoms with Crippen LogP contribution in [0.25, 0.3) is 0 Å². The number of fused-ring (bicyclic) bond motifs is 1. The Balaban J connectivity index is 2.02. The Morgan fingerprint density at radius 2 is 2.12 bits per heavy atom. The lowest BCUT2D eigenvalue weighted by molar-refractivity contribution is -0.119. The number of hydrogen-bond acceptors (Lipinski definition) is 1. The first-order valence-electron chi connectivity index (χ1n) is 6.10. The average molecular weight is 294 g/mol. The van der Waals surface area contributed by atoms with Crippen molar-refractivity contribution in [2.45, 2.75) is 36.9 Å². The molecule has 1 aliphatic carbocycles. The van der Waals surface area contributed by atoms with E-state index < -0.39 is 5.41 Å². The zero-order valence-electron chi connectivity index (χ0n) is 10.1. The molecule has 1 aromatic rings. The molecule has 0 saturated heterocycles. The highest BCUT2D eigenvalue weighted by atomic mass is 79.9. The van der Waals surface area contributed by atoms with Gasteiger partial charge in [-0.25, -0.2) is 0 Å². The molecule has 1 N–H and O–H groups in total. The van der Waals surface area contributed by atoms with Crippen molar-refractivity contribution in [3.63, 3.8) is 0 Å². The molecule has 1 fully saturated rings. The van der Waals surface area contributed by atoms with E-state index in [4.69, 9.17) is 0 Å². The molecule has 1 heterocycles. The van der Waals surface area contributed by atoms with Gasteiger partial charge in [-0.15, -0.1) is 0 Å². The summed E-state index contributed by atoms with van der Waals surface area (Å²) in [5, 5.41) is 2.94. The maximum Gasteiger partial charge on any atom is 0.234 e. The van der Waals surface area contributed by atoms with Crippen LogP contribution in [0.5, 0.6) is 0 Å². The highest BCUT2D eigenvalue weighted by Crippen LogP contribution is 2.48. The zero-order chi connectivity index (χ0) is 12.2. The van der Waals surface area contributed by atoms with Gasteiger partial charge < -0.3 is 5.32 Å². The Bertz CT molecular complexity index is 491. The van der Waals surface area contributed by atoms with Crippen molar-refractivity contribution in [1.82, 2.24) is 0 Å². The molecule has 3 heteroatoms. The van der Waals surface area contributed by atoms with Crippen molar-refractivity contribution in [2.75, 3.05) is 5.32 Å². The van der Waals surface area contributed by atoms with Crippen LogP contribution >= 0.6 is 15.9 Å². The van der Waals surface area contributed by atoms with Gasteiger partial charge in [0.1, 0.15) is 0 Å². The lowest BCUT2D eigenvalue weighted by Gasteiger charge is -2.17. The number of carbonyl (C=O) groups is 1. The number of halogens is 1. The van der Waals surface area contributed by atoms with Crippen molar-refractivity contribution in [3.05, 3.63) is 29.3 Å². The molecule has 17 heavy (non-hydrogen) atoms. The lowest BCUT2D eigenvalue weighted by Crippen LogP contribution is -2.26. The zero-order valence-corrected chi connectivity index (χ0v) is 11.7. The largest absolute Gasteiger partial charge is 0.325 e. The summed E-state index contributed by atoms with van der Waals surface area (Å²) < 4.78 is 0. The van der Waals surface area contributed by atoms with Crippen molar-refractivity contribution >= 4 is 27.5 Å². The first-order valence-corrected chi connectivity index (χ1v) is 7.01. The van der Waals surface area contributed by atoms with Gasteiger partial charge in [0.2, 0.25) is 5.91 Å². The monoisotopic (exact) mass is 293 g/mol. The van der Waals surface area contributed by atoms with Crippen molar-refractivity contribution in [1.29, 1.82) is 0 Å². The average Bonchev–Trinajstić information content (AvgIpc) is 3.09. The Hall–Kier alpha value is -0.830. The molecule has 1 aliphatic heterocycles. The van der Waals surface area contributed by atoms with Crippen molar-refractivity contribution in [3.8, 4) is 0 Å². The molecule has 90 valence electrons. The predicted molar refractivity (Wildman–Crippen MR) is 72.5 cm³/mol. The predicted octanol–water partition coefficient (Wildman–Crippen LogP) is 3.76. The van der Waals surface area contributed by atoms with E-state index in [1.54, 1.807) is 0 Å². The van der Waals surface area contributed by atoms with Crippen LogP contribution in [-0.4, -0.2) is 5.91 Å². The summed E-state index contributed by atoms with van der Waals surface area (Å²) in [5.41, 5.74) is 3.00. The molecule has 1 amide bonds. The van der Waals surface area contributed by atoms with Crippen LogP contribution in [0.15, 0.2) is 18.2 Å². The van der Waals surface area contributed by atoms with Gasteiger partial charge in [-0.2, -0.15) is 0 Å². The van der Waals surface area contributed by atoms with E-state index >= 15 is 0 Å². The molecular weight excluding hydrogens is 278 g/mol. The van der Waals surface area contributed by atoms with E-state index in [1.165, 1.54) is 18.4 Å². The molecular formula is C14H16BrNO. The number of benzene rings is 1. The third-order valence-electron chi connectivity index (χ3n) is 3.89. The van der Waals surface area contributed by atoms with E-state index in [-0.39, 0.29) is 5.91 Å². The first kappa shape index (κ1) is 11.3. The minimum absolute atomic E-state index is 0.0993. The van der Waals surface area contributed by atoms with E-state index in [1.807, 2.05) is 19.9 Å². The Morgan fingerprint density at radius 3 is 2.76 bits per heavy atom. The fourth-order valence-corrected chi connectivity index (χ4v) is 3.23. The molecule has 1 saturated carbocycles. The SMILES string of the molecule is CC1(C)C(=O)Nc2ccc(C(Br)C3CC3)cc21. The number of alkyl halides is 1. The van der Waals surface area contributed by atoms with E-state index in [9.17, 15) is 4.79 Å². The molecule has 0 spiro atoms. The molecule has 1 aromatic carbocycles. The number of hydrogen-bond donors (Lipinski definition) is 1. The van der Waals surface area contributed by atoms with Crippen LogP contribution in [0, 0.1) is 5.92 Å². The quantitative estimate of drug-likeness (QED) is 0.827. The number of amides is 1. The summed E-state index contributed by atoms with van der Waals surface area (Å²) in [6.07, 6.45) is 2.63. The first-order chi connectivity index (χ1) is 8.00. The number of carbonyl (C=O) groups excluding carboxylic acids is 1. The third-order valence-corrected chi connectivity index (χ3v) is 5.16. The molecule has 1 unspecified atom stereocenters. The van der Waals surface area contributed by atoms with Gasteiger partial charge in [0, 0.05) is 10.5 Å². The second-order valence-electron chi connectivity index (χ2n) is 5.62. The van der Waals surface area contributed by atoms with Gasteiger partial charge in [0.25, 0.3) is 0 Å². The van der Waals surface area contributed by atoms with E-state index in [0.29, 0.717) is 4.83 Å². The van der Waals surface area contributed by atoms with Crippen molar-refractivity contribution < 1.29 is 4.79 Å². The molecule has 2 aliphatic rings. The minimum Gasteiger partial charge on any atom is -0.325 e. The van der Waals surface area contributed by atoms with Crippen LogP contribution in [0.3, 0.4) is 0 Å². The van der Waals surface area contributed by atoms with Gasteiger partial charge in [0.15, 0.2) is 0 Å². The van der Waals surface area contributed by atoms with Crippen LogP contribution in [0.1, 0.15) is 42.6 Å². The Morgan fingerprint density at radius 1 is 1.41 bits per heavy atom. The van der Waals surface area contributed by atoms with Crippen LogP contribution in [0.4, 0.5) is 5.69 Å². The highest BCUT2D eigenvalue weighted by Gasteiger charge is 2.39. The lowest BCUT2D eigenvalue weighted by atomic mass is 9.85. The van der Waals surface area contributed by atoms with E-state index in [0.717, 1.165) is 17.2 Å². The van der Waals surface area contributed by atoms with Crippen LogP contribution < -0.4 is 5.32 Å². The summed E-state index contributed by atoms with van der Waals surface area (Å²) in [7, 11) is 0. The smallest absolute Gasteiger partial charge is 0.234 e. The standard InChI is InChI=1S/C14H16BrNO/c1-14(2)10-7-9(12(15)8-3-4-8)5-6-11(10)16-13(14)17/h5-8,12H,3-4H2,1-2H3,(H,16,17). The van der Waals surface area contributed by atoms with Gasteiger partial charge in [0.05, 0.1) is 5.41 Å². The van der Waals surface area contributed by atoms with Crippen LogP contribution in [0.2, 0.25) is 0 Å². The fraction of sp³-hybridized carbons (Fsp3) is 0.500.